The van der Waals surface area contributed by atoms with E-state index in [1.54, 1.807) is 18.2 Å². The van der Waals surface area contributed by atoms with Crippen LogP contribution in [0.5, 0.6) is 5.75 Å². The zero-order chi connectivity index (χ0) is 17.6. The first-order chi connectivity index (χ1) is 12.1. The van der Waals surface area contributed by atoms with Crippen LogP contribution in [0.1, 0.15) is 6.42 Å². The Balaban J connectivity index is 1.31. The number of allylic oxidation sites excluding steroid dienone is 2. The number of rotatable bonds is 4. The highest BCUT2D eigenvalue weighted by Crippen LogP contribution is 2.52. The lowest BCUT2D eigenvalue weighted by atomic mass is 9.85. The number of likely N-dealkylation sites (tertiary alicyclic amines) is 1. The second kappa shape index (κ2) is 5.91. The molecule has 2 fully saturated rings. The summed E-state index contributed by atoms with van der Waals surface area (Å²) in [6, 6.07) is 5.90. The third-order valence-electron chi connectivity index (χ3n) is 5.33. The lowest BCUT2D eigenvalue weighted by Gasteiger charge is -2.17. The quantitative estimate of drug-likeness (QED) is 0.437. The Bertz CT molecular complexity index is 745. The van der Waals surface area contributed by atoms with Gasteiger partial charge in [0.2, 0.25) is 11.8 Å². The molecule has 7 heteroatoms. The topological polar surface area (TPSA) is 98.7 Å². The summed E-state index contributed by atoms with van der Waals surface area (Å²) in [6.45, 7) is 0.331. The fraction of sp³-hybridized carbons (Fsp3) is 0.389. The van der Waals surface area contributed by atoms with Crippen molar-refractivity contribution >= 4 is 23.5 Å². The minimum atomic E-state index is -0.498. The number of hydrogen-bond donors (Lipinski definition) is 3. The van der Waals surface area contributed by atoms with Crippen molar-refractivity contribution in [2.24, 2.45) is 23.7 Å². The molecule has 0 unspecified atom stereocenters. The van der Waals surface area contributed by atoms with Gasteiger partial charge < -0.3 is 15.7 Å². The van der Waals surface area contributed by atoms with Crippen molar-refractivity contribution in [2.45, 2.75) is 6.42 Å². The lowest BCUT2D eigenvalue weighted by Crippen LogP contribution is -2.40. The third kappa shape index (κ3) is 2.56. The van der Waals surface area contributed by atoms with E-state index in [0.717, 1.165) is 6.42 Å². The van der Waals surface area contributed by atoms with Gasteiger partial charge in [0.05, 0.1) is 17.5 Å². The van der Waals surface area contributed by atoms with Crippen LogP contribution < -0.4 is 10.6 Å². The van der Waals surface area contributed by atoms with Crippen LogP contribution in [-0.4, -0.2) is 40.9 Å². The van der Waals surface area contributed by atoms with Gasteiger partial charge in [0.1, 0.15) is 5.75 Å². The van der Waals surface area contributed by atoms with Crippen molar-refractivity contribution in [2.75, 3.05) is 18.4 Å². The van der Waals surface area contributed by atoms with Gasteiger partial charge in [-0.2, -0.15) is 0 Å². The number of fused-ring (bicyclic) bond motifs is 5. The number of para-hydroxylation sites is 2. The summed E-state index contributed by atoms with van der Waals surface area (Å²) in [7, 11) is 0. The molecule has 1 aromatic carbocycles. The molecule has 130 valence electrons. The molecule has 25 heavy (non-hydrogen) atoms. The van der Waals surface area contributed by atoms with Crippen molar-refractivity contribution in [3.63, 3.8) is 0 Å². The van der Waals surface area contributed by atoms with Crippen LogP contribution in [-0.2, 0) is 9.59 Å². The standard InChI is InChI=1S/C18H19N3O4/c22-13-4-2-1-3-12(13)20-18(25)19-7-8-21-16(23)14-10-5-6-11(9-10)15(14)17(21)24/h1-6,10-11,14-15,22H,7-9H2,(H2,19,20,25)/t10-,11-,14-,15+/m0/s1. The number of amides is 4. The number of nitrogens with zero attached hydrogens (tertiary/aromatic N) is 1. The van der Waals surface area contributed by atoms with Crippen LogP contribution >= 0.6 is 0 Å². The van der Waals surface area contributed by atoms with Gasteiger partial charge in [0.15, 0.2) is 0 Å². The number of imide groups is 1. The van der Waals surface area contributed by atoms with Gasteiger partial charge in [-0.3, -0.25) is 14.5 Å². The number of carbonyl (C=O) groups excluding carboxylic acids is 3. The predicted octanol–water partition coefficient (Wildman–Crippen LogP) is 1.32. The first kappa shape index (κ1) is 15.7. The third-order valence-corrected chi connectivity index (χ3v) is 5.33. The maximum atomic E-state index is 12.5. The second-order valence-corrected chi connectivity index (χ2v) is 6.73. The Labute approximate surface area is 144 Å². The largest absolute Gasteiger partial charge is 0.506 e. The van der Waals surface area contributed by atoms with Crippen LogP contribution in [0.25, 0.3) is 0 Å². The Morgan fingerprint density at radius 3 is 2.40 bits per heavy atom. The van der Waals surface area contributed by atoms with Crippen LogP contribution in [0.4, 0.5) is 10.5 Å². The summed E-state index contributed by atoms with van der Waals surface area (Å²) in [5.74, 6) is -0.305. The maximum Gasteiger partial charge on any atom is 0.319 e. The summed E-state index contributed by atoms with van der Waals surface area (Å²) in [5, 5.41) is 14.8. The van der Waals surface area contributed by atoms with E-state index >= 15 is 0 Å². The predicted molar refractivity (Wildman–Crippen MR) is 89.6 cm³/mol. The van der Waals surface area contributed by atoms with E-state index in [2.05, 4.69) is 22.8 Å². The van der Waals surface area contributed by atoms with Gasteiger partial charge in [-0.05, 0) is 30.4 Å². The fourth-order valence-corrected chi connectivity index (χ4v) is 4.21. The number of urea groups is 1. The highest BCUT2D eigenvalue weighted by atomic mass is 16.3. The number of phenolic OH excluding ortho intramolecular Hbond substituents is 1. The highest BCUT2D eigenvalue weighted by molar-refractivity contribution is 6.06. The Morgan fingerprint density at radius 1 is 1.12 bits per heavy atom. The normalized spacial score (nSPS) is 29.2. The zero-order valence-electron chi connectivity index (χ0n) is 13.5. The molecule has 0 spiro atoms. The summed E-state index contributed by atoms with van der Waals surface area (Å²) < 4.78 is 0. The average molecular weight is 341 g/mol. The van der Waals surface area contributed by atoms with Crippen LogP contribution in [0.3, 0.4) is 0 Å². The summed E-state index contributed by atoms with van der Waals surface area (Å²) in [6.07, 6.45) is 5.01. The molecule has 0 aromatic heterocycles. The molecule has 4 amide bonds. The van der Waals surface area contributed by atoms with Crippen molar-refractivity contribution in [1.29, 1.82) is 0 Å². The Kier molecular flexibility index (Phi) is 3.71. The molecule has 1 aliphatic heterocycles. The SMILES string of the molecule is O=C(NCCN1C(=O)[C@@H]2[C@H](C1=O)[C@H]1C=C[C@H]2C1)Nc1ccccc1O. The number of carbonyl (C=O) groups is 3. The van der Waals surface area contributed by atoms with Gasteiger partial charge in [-0.1, -0.05) is 24.3 Å². The monoisotopic (exact) mass is 341 g/mol. The van der Waals surface area contributed by atoms with Gasteiger partial charge in [-0.15, -0.1) is 0 Å². The molecule has 2 aliphatic carbocycles. The Morgan fingerprint density at radius 2 is 1.76 bits per heavy atom. The number of hydrogen-bond acceptors (Lipinski definition) is 4. The zero-order valence-corrected chi connectivity index (χ0v) is 13.5. The van der Waals surface area contributed by atoms with Gasteiger partial charge in [-0.25, -0.2) is 4.79 Å². The van der Waals surface area contributed by atoms with E-state index < -0.39 is 6.03 Å². The molecular formula is C18H19N3O4. The maximum absolute atomic E-state index is 12.5. The average Bonchev–Trinajstić information content (AvgIpc) is 3.26. The van der Waals surface area contributed by atoms with Crippen LogP contribution in [0, 0.1) is 23.7 Å². The van der Waals surface area contributed by atoms with Gasteiger partial charge in [0, 0.05) is 13.1 Å². The lowest BCUT2D eigenvalue weighted by molar-refractivity contribution is -0.140. The molecule has 3 N–H and O–H groups in total. The van der Waals surface area contributed by atoms with Crippen molar-refractivity contribution in [1.82, 2.24) is 10.2 Å². The summed E-state index contributed by atoms with van der Waals surface area (Å²) in [4.78, 5) is 38.2. The second-order valence-electron chi connectivity index (χ2n) is 6.73. The van der Waals surface area contributed by atoms with Crippen molar-refractivity contribution in [3.05, 3.63) is 36.4 Å². The Hall–Kier alpha value is -2.83. The number of phenols is 1. The van der Waals surface area contributed by atoms with E-state index in [9.17, 15) is 19.5 Å². The first-order valence-corrected chi connectivity index (χ1v) is 8.42. The molecule has 1 saturated carbocycles. The molecule has 4 atom stereocenters. The van der Waals surface area contributed by atoms with Crippen molar-refractivity contribution < 1.29 is 19.5 Å². The summed E-state index contributed by atoms with van der Waals surface area (Å²) in [5.41, 5.74) is 0.297. The minimum Gasteiger partial charge on any atom is -0.506 e. The molecule has 7 nitrogen and oxygen atoms in total. The molecule has 0 radical (unpaired) electrons. The van der Waals surface area contributed by atoms with E-state index in [-0.39, 0.29) is 54.3 Å². The molecule has 3 aliphatic rings. The number of benzene rings is 1. The first-order valence-electron chi connectivity index (χ1n) is 8.42. The van der Waals surface area contributed by atoms with Crippen molar-refractivity contribution in [3.8, 4) is 5.75 Å². The smallest absolute Gasteiger partial charge is 0.319 e. The molecule has 1 heterocycles. The molecular weight excluding hydrogens is 322 g/mol. The minimum absolute atomic E-state index is 0.0293. The molecule has 2 bridgehead atoms. The summed E-state index contributed by atoms with van der Waals surface area (Å²) >= 11 is 0. The molecule has 4 rings (SSSR count). The number of nitrogens with one attached hydrogen (secondary N) is 2. The van der Waals surface area contributed by atoms with E-state index in [4.69, 9.17) is 0 Å². The van der Waals surface area contributed by atoms with Crippen LogP contribution in [0.15, 0.2) is 36.4 Å². The molecule has 1 aromatic rings. The number of aromatic hydroxyl groups is 1. The highest BCUT2D eigenvalue weighted by Gasteiger charge is 2.58. The number of anilines is 1. The van der Waals surface area contributed by atoms with E-state index in [0.29, 0.717) is 5.69 Å². The van der Waals surface area contributed by atoms with E-state index in [1.165, 1.54) is 11.0 Å². The van der Waals surface area contributed by atoms with Gasteiger partial charge >= 0.3 is 6.03 Å². The fourth-order valence-electron chi connectivity index (χ4n) is 4.21. The van der Waals surface area contributed by atoms with E-state index in [1.807, 2.05) is 0 Å². The van der Waals surface area contributed by atoms with Gasteiger partial charge in [0.25, 0.3) is 0 Å². The van der Waals surface area contributed by atoms with Crippen LogP contribution in [0.2, 0.25) is 0 Å². The molecule has 1 saturated heterocycles.